The average Bonchev–Trinajstić information content (AvgIpc) is 3.22. The molecular weight excluding hydrogens is 615 g/mol. The summed E-state index contributed by atoms with van der Waals surface area (Å²) in [7, 11) is 0. The van der Waals surface area contributed by atoms with Crippen molar-refractivity contribution < 1.29 is 0 Å². The van der Waals surface area contributed by atoms with Crippen molar-refractivity contribution in [3.63, 3.8) is 0 Å². The van der Waals surface area contributed by atoms with Crippen molar-refractivity contribution in [1.29, 1.82) is 0 Å². The molecule has 0 aliphatic rings. The molecule has 240 valence electrons. The Morgan fingerprint density at radius 1 is 0.235 bits per heavy atom. The van der Waals surface area contributed by atoms with Crippen LogP contribution >= 0.6 is 0 Å². The quantitative estimate of drug-likeness (QED) is 0.166. The maximum absolute atomic E-state index is 2.36. The van der Waals surface area contributed by atoms with E-state index in [2.05, 4.69) is 217 Å². The summed E-state index contributed by atoms with van der Waals surface area (Å²) >= 11 is 0. The Labute approximate surface area is 299 Å². The molecule has 9 aromatic rings. The molecule has 9 rings (SSSR count). The highest BCUT2D eigenvalue weighted by molar-refractivity contribution is 5.98. The Kier molecular flexibility index (Phi) is 7.92. The molecule has 0 fully saturated rings. The molecule has 0 saturated heterocycles. The number of benzene rings is 9. The van der Waals surface area contributed by atoms with Gasteiger partial charge in [-0.15, -0.1) is 0 Å². The number of rotatable bonds is 7. The van der Waals surface area contributed by atoms with Gasteiger partial charge in [0.1, 0.15) is 0 Å². The number of nitrogens with zero attached hydrogens (tertiary/aromatic N) is 1. The van der Waals surface area contributed by atoms with Crippen molar-refractivity contribution in [3.8, 4) is 44.5 Å². The molecule has 0 amide bonds. The molecule has 1 nitrogen and oxygen atoms in total. The third-order valence-electron chi connectivity index (χ3n) is 9.88. The molecule has 0 aliphatic heterocycles. The molecule has 0 spiro atoms. The summed E-state index contributed by atoms with van der Waals surface area (Å²) < 4.78 is 0. The number of hydrogen-bond acceptors (Lipinski definition) is 1. The van der Waals surface area contributed by atoms with Gasteiger partial charge in [-0.05, 0) is 102 Å². The Bertz CT molecular complexity index is 2590. The summed E-state index contributed by atoms with van der Waals surface area (Å²) in [5.74, 6) is 0. The summed E-state index contributed by atoms with van der Waals surface area (Å²) in [6.45, 7) is 0. The predicted octanol–water partition coefficient (Wildman–Crippen LogP) is 14.1. The van der Waals surface area contributed by atoms with Crippen LogP contribution in [-0.2, 0) is 0 Å². The molecule has 51 heavy (non-hydrogen) atoms. The van der Waals surface area contributed by atoms with Gasteiger partial charge in [0.2, 0.25) is 0 Å². The SMILES string of the molecule is c1ccc(-c2ccc(-c3ccc(N(c4ccc(-c5cccc6ccccc56)cc4)c4cccc(-c5cccc6ccccc56)c4)cc3)cc2)cc1. The monoisotopic (exact) mass is 649 g/mol. The highest BCUT2D eigenvalue weighted by Gasteiger charge is 2.15. The van der Waals surface area contributed by atoms with Gasteiger partial charge < -0.3 is 4.90 Å². The maximum atomic E-state index is 2.36. The van der Waals surface area contributed by atoms with Crippen molar-refractivity contribution in [1.82, 2.24) is 0 Å². The minimum Gasteiger partial charge on any atom is -0.310 e. The second-order valence-corrected chi connectivity index (χ2v) is 13.0. The Hall–Kier alpha value is -6.70. The summed E-state index contributed by atoms with van der Waals surface area (Å²) in [6.07, 6.45) is 0. The molecule has 0 aliphatic carbocycles. The first-order valence-corrected chi connectivity index (χ1v) is 17.5. The smallest absolute Gasteiger partial charge is 0.0467 e. The molecule has 0 heterocycles. The minimum atomic E-state index is 1.10. The van der Waals surface area contributed by atoms with Crippen LogP contribution in [0.1, 0.15) is 0 Å². The zero-order chi connectivity index (χ0) is 34.0. The lowest BCUT2D eigenvalue weighted by Crippen LogP contribution is -2.10. The summed E-state index contributed by atoms with van der Waals surface area (Å²) in [6, 6.07) is 76.6. The van der Waals surface area contributed by atoms with E-state index in [0.717, 1.165) is 17.1 Å². The van der Waals surface area contributed by atoms with E-state index in [4.69, 9.17) is 0 Å². The van der Waals surface area contributed by atoms with Crippen LogP contribution in [0.25, 0.3) is 66.1 Å². The second-order valence-electron chi connectivity index (χ2n) is 13.0. The van der Waals surface area contributed by atoms with Crippen molar-refractivity contribution >= 4 is 38.6 Å². The Balaban J connectivity index is 1.11. The van der Waals surface area contributed by atoms with E-state index < -0.39 is 0 Å². The van der Waals surface area contributed by atoms with E-state index in [1.807, 2.05) is 0 Å². The fourth-order valence-corrected chi connectivity index (χ4v) is 7.29. The van der Waals surface area contributed by atoms with Gasteiger partial charge in [-0.2, -0.15) is 0 Å². The van der Waals surface area contributed by atoms with Gasteiger partial charge >= 0.3 is 0 Å². The van der Waals surface area contributed by atoms with Gasteiger partial charge in [-0.3, -0.25) is 0 Å². The number of fused-ring (bicyclic) bond motifs is 2. The molecule has 0 unspecified atom stereocenters. The lowest BCUT2D eigenvalue weighted by atomic mass is 9.97. The highest BCUT2D eigenvalue weighted by atomic mass is 15.1. The topological polar surface area (TPSA) is 3.24 Å². The van der Waals surface area contributed by atoms with Crippen LogP contribution < -0.4 is 4.90 Å². The van der Waals surface area contributed by atoms with Crippen LogP contribution in [0.4, 0.5) is 17.1 Å². The first kappa shape index (κ1) is 30.4. The van der Waals surface area contributed by atoms with Crippen LogP contribution in [-0.4, -0.2) is 0 Å². The zero-order valence-electron chi connectivity index (χ0n) is 28.2. The largest absolute Gasteiger partial charge is 0.310 e. The van der Waals surface area contributed by atoms with E-state index in [9.17, 15) is 0 Å². The summed E-state index contributed by atoms with van der Waals surface area (Å²) in [5, 5.41) is 5.01. The van der Waals surface area contributed by atoms with Gasteiger partial charge in [0, 0.05) is 17.1 Å². The third-order valence-corrected chi connectivity index (χ3v) is 9.88. The van der Waals surface area contributed by atoms with Crippen LogP contribution in [0.3, 0.4) is 0 Å². The summed E-state index contributed by atoms with van der Waals surface area (Å²) in [4.78, 5) is 2.36. The van der Waals surface area contributed by atoms with Crippen LogP contribution in [0.15, 0.2) is 212 Å². The van der Waals surface area contributed by atoms with Gasteiger partial charge in [0.05, 0.1) is 0 Å². The van der Waals surface area contributed by atoms with Crippen LogP contribution in [0, 0.1) is 0 Å². The molecule has 0 N–H and O–H groups in total. The van der Waals surface area contributed by atoms with Crippen molar-refractivity contribution in [3.05, 3.63) is 212 Å². The van der Waals surface area contributed by atoms with E-state index in [1.54, 1.807) is 0 Å². The highest BCUT2D eigenvalue weighted by Crippen LogP contribution is 2.40. The standard InChI is InChI=1S/C50H35N/c1-2-11-36(12-3-1)37-23-25-38(26-24-37)39-27-31-44(32-28-39)51(45-33-29-42(30-34-45)49-21-9-15-40-13-4-6-19-47(40)49)46-18-8-17-43(35-46)50-22-10-16-41-14-5-7-20-48(41)50/h1-35H. The molecule has 0 atom stereocenters. The van der Waals surface area contributed by atoms with Gasteiger partial charge in [0.15, 0.2) is 0 Å². The van der Waals surface area contributed by atoms with Crippen LogP contribution in [0.2, 0.25) is 0 Å². The number of hydrogen-bond donors (Lipinski definition) is 0. The lowest BCUT2D eigenvalue weighted by Gasteiger charge is -2.26. The van der Waals surface area contributed by atoms with Gasteiger partial charge in [-0.25, -0.2) is 0 Å². The lowest BCUT2D eigenvalue weighted by molar-refractivity contribution is 1.28. The predicted molar refractivity (Wildman–Crippen MR) is 218 cm³/mol. The first-order chi connectivity index (χ1) is 25.3. The molecule has 0 saturated carbocycles. The van der Waals surface area contributed by atoms with Crippen molar-refractivity contribution in [2.24, 2.45) is 0 Å². The fourth-order valence-electron chi connectivity index (χ4n) is 7.29. The third kappa shape index (κ3) is 5.96. The minimum absolute atomic E-state index is 1.10. The van der Waals surface area contributed by atoms with E-state index in [-0.39, 0.29) is 0 Å². The Morgan fingerprint density at radius 3 is 1.20 bits per heavy atom. The molecular formula is C50H35N. The zero-order valence-corrected chi connectivity index (χ0v) is 28.2. The maximum Gasteiger partial charge on any atom is 0.0467 e. The number of anilines is 3. The van der Waals surface area contributed by atoms with Gasteiger partial charge in [0.25, 0.3) is 0 Å². The second kappa shape index (κ2) is 13.3. The average molecular weight is 650 g/mol. The summed E-state index contributed by atoms with van der Waals surface area (Å²) in [5.41, 5.74) is 13.0. The van der Waals surface area contributed by atoms with Crippen molar-refractivity contribution in [2.45, 2.75) is 0 Å². The molecule has 0 aromatic heterocycles. The normalized spacial score (nSPS) is 11.1. The molecule has 0 radical (unpaired) electrons. The molecule has 9 aromatic carbocycles. The first-order valence-electron chi connectivity index (χ1n) is 17.5. The van der Waals surface area contributed by atoms with Crippen LogP contribution in [0.5, 0.6) is 0 Å². The van der Waals surface area contributed by atoms with E-state index >= 15 is 0 Å². The molecule has 1 heteroatoms. The van der Waals surface area contributed by atoms with E-state index in [1.165, 1.54) is 66.1 Å². The fraction of sp³-hybridized carbons (Fsp3) is 0. The molecule has 0 bridgehead atoms. The van der Waals surface area contributed by atoms with Gasteiger partial charge in [-0.1, -0.05) is 176 Å². The van der Waals surface area contributed by atoms with Crippen molar-refractivity contribution in [2.75, 3.05) is 4.90 Å². The Morgan fingerprint density at radius 2 is 0.627 bits per heavy atom. The van der Waals surface area contributed by atoms with E-state index in [0.29, 0.717) is 0 Å².